The van der Waals surface area contributed by atoms with Crippen LogP contribution in [0.4, 0.5) is 5.69 Å². The van der Waals surface area contributed by atoms with E-state index in [9.17, 15) is 9.59 Å². The fourth-order valence-electron chi connectivity index (χ4n) is 2.49. The lowest BCUT2D eigenvalue weighted by atomic mass is 10.1. The van der Waals surface area contributed by atoms with E-state index in [-0.39, 0.29) is 18.4 Å². The Bertz CT molecular complexity index is 533. The molecule has 1 unspecified atom stereocenters. The molecule has 0 spiro atoms. The van der Waals surface area contributed by atoms with Crippen molar-refractivity contribution in [2.45, 2.75) is 31.8 Å². The number of hydrogen-bond donors (Lipinski definition) is 2. The normalized spacial score (nSPS) is 16.5. The second-order valence-corrected chi connectivity index (χ2v) is 5.52. The summed E-state index contributed by atoms with van der Waals surface area (Å²) >= 11 is 0. The van der Waals surface area contributed by atoms with E-state index in [0.29, 0.717) is 18.7 Å². The summed E-state index contributed by atoms with van der Waals surface area (Å²) in [6.07, 6.45) is 2.65. The molecule has 120 valence electrons. The van der Waals surface area contributed by atoms with Crippen LogP contribution in [0.25, 0.3) is 0 Å². The molecule has 1 heterocycles. The van der Waals surface area contributed by atoms with E-state index >= 15 is 0 Å². The number of anilines is 1. The fraction of sp³-hybridized carbons (Fsp3) is 0.500. The minimum Gasteiger partial charge on any atom is -0.383 e. The van der Waals surface area contributed by atoms with Gasteiger partial charge in [-0.1, -0.05) is 12.1 Å². The molecule has 22 heavy (non-hydrogen) atoms. The highest BCUT2D eigenvalue weighted by atomic mass is 16.5. The van der Waals surface area contributed by atoms with Gasteiger partial charge in [0.2, 0.25) is 11.8 Å². The Morgan fingerprint density at radius 3 is 3.00 bits per heavy atom. The highest BCUT2D eigenvalue weighted by Gasteiger charge is 2.18. The zero-order valence-electron chi connectivity index (χ0n) is 12.9. The number of nitrogens with one attached hydrogen (secondary N) is 1. The number of methoxy groups -OCH3 is 1. The first-order chi connectivity index (χ1) is 10.6. The number of carbonyl (C=O) groups excluding carboxylic acids is 2. The monoisotopic (exact) mass is 305 g/mol. The number of nitrogens with two attached hydrogens (primary N) is 1. The molecule has 0 radical (unpaired) electrons. The van der Waals surface area contributed by atoms with Crippen molar-refractivity contribution >= 4 is 17.5 Å². The smallest absolute Gasteiger partial charge is 0.243 e. The first-order valence-corrected chi connectivity index (χ1v) is 7.52. The zero-order valence-corrected chi connectivity index (χ0v) is 12.9. The van der Waals surface area contributed by atoms with Gasteiger partial charge in [-0.25, -0.2) is 0 Å². The molecule has 1 aliphatic heterocycles. The Morgan fingerprint density at radius 1 is 1.45 bits per heavy atom. The Morgan fingerprint density at radius 2 is 2.27 bits per heavy atom. The van der Waals surface area contributed by atoms with Crippen LogP contribution in [0.3, 0.4) is 0 Å². The van der Waals surface area contributed by atoms with Gasteiger partial charge in [0, 0.05) is 32.3 Å². The number of ether oxygens (including phenoxy) is 1. The SMILES string of the molecule is COCC(N)C(=O)Nc1cccc(CN2CCCCC2=O)c1. The van der Waals surface area contributed by atoms with Crippen LogP contribution in [0.2, 0.25) is 0 Å². The number of carbonyl (C=O) groups is 2. The van der Waals surface area contributed by atoms with Crippen molar-refractivity contribution in [2.75, 3.05) is 25.6 Å². The van der Waals surface area contributed by atoms with Crippen LogP contribution in [-0.4, -0.2) is 43.0 Å². The van der Waals surface area contributed by atoms with E-state index in [1.54, 1.807) is 6.07 Å². The summed E-state index contributed by atoms with van der Waals surface area (Å²) in [4.78, 5) is 25.6. The van der Waals surface area contributed by atoms with E-state index in [2.05, 4.69) is 5.32 Å². The summed E-state index contributed by atoms with van der Waals surface area (Å²) in [5, 5.41) is 2.77. The van der Waals surface area contributed by atoms with Gasteiger partial charge in [0.25, 0.3) is 0 Å². The molecule has 3 N–H and O–H groups in total. The molecule has 1 atom stereocenters. The average molecular weight is 305 g/mol. The molecule has 0 bridgehead atoms. The van der Waals surface area contributed by atoms with Crippen molar-refractivity contribution in [1.82, 2.24) is 4.90 Å². The van der Waals surface area contributed by atoms with Crippen LogP contribution >= 0.6 is 0 Å². The Balaban J connectivity index is 1.97. The van der Waals surface area contributed by atoms with Gasteiger partial charge < -0.3 is 20.7 Å². The molecule has 0 aromatic heterocycles. The number of nitrogens with zero attached hydrogens (tertiary/aromatic N) is 1. The lowest BCUT2D eigenvalue weighted by Crippen LogP contribution is -2.39. The predicted octanol–water partition coefficient (Wildman–Crippen LogP) is 1.11. The van der Waals surface area contributed by atoms with E-state index < -0.39 is 6.04 Å². The van der Waals surface area contributed by atoms with Crippen LogP contribution in [0, 0.1) is 0 Å². The van der Waals surface area contributed by atoms with E-state index in [0.717, 1.165) is 24.9 Å². The van der Waals surface area contributed by atoms with Gasteiger partial charge in [-0.2, -0.15) is 0 Å². The van der Waals surface area contributed by atoms with Gasteiger partial charge in [-0.05, 0) is 30.5 Å². The van der Waals surface area contributed by atoms with Crippen LogP contribution in [0.1, 0.15) is 24.8 Å². The minimum atomic E-state index is -0.697. The maximum atomic E-state index is 11.9. The lowest BCUT2D eigenvalue weighted by molar-refractivity contribution is -0.133. The molecule has 0 aliphatic carbocycles. The summed E-state index contributed by atoms with van der Waals surface area (Å²) < 4.78 is 4.87. The Hall–Kier alpha value is -1.92. The van der Waals surface area contributed by atoms with E-state index in [1.807, 2.05) is 23.1 Å². The molecule has 6 nitrogen and oxygen atoms in total. The maximum absolute atomic E-state index is 11.9. The molecule has 1 aromatic rings. The molecule has 6 heteroatoms. The second-order valence-electron chi connectivity index (χ2n) is 5.52. The van der Waals surface area contributed by atoms with Crippen molar-refractivity contribution in [3.8, 4) is 0 Å². The molecule has 2 amide bonds. The topological polar surface area (TPSA) is 84.7 Å². The maximum Gasteiger partial charge on any atom is 0.243 e. The number of piperidine rings is 1. The quantitative estimate of drug-likeness (QED) is 0.824. The van der Waals surface area contributed by atoms with Gasteiger partial charge in [-0.15, -0.1) is 0 Å². The van der Waals surface area contributed by atoms with Crippen molar-refractivity contribution in [2.24, 2.45) is 5.73 Å². The fourth-order valence-corrected chi connectivity index (χ4v) is 2.49. The Labute approximate surface area is 130 Å². The van der Waals surface area contributed by atoms with Crippen LogP contribution < -0.4 is 11.1 Å². The third-order valence-electron chi connectivity index (χ3n) is 3.67. The highest BCUT2D eigenvalue weighted by Crippen LogP contribution is 2.17. The third-order valence-corrected chi connectivity index (χ3v) is 3.67. The summed E-state index contributed by atoms with van der Waals surface area (Å²) in [5.74, 6) is -0.0872. The van der Waals surface area contributed by atoms with Gasteiger partial charge in [-0.3, -0.25) is 9.59 Å². The van der Waals surface area contributed by atoms with E-state index in [4.69, 9.17) is 10.5 Å². The van der Waals surface area contributed by atoms with Crippen LogP contribution in [0.15, 0.2) is 24.3 Å². The molecule has 1 saturated heterocycles. The number of benzene rings is 1. The molecule has 1 aliphatic rings. The zero-order chi connectivity index (χ0) is 15.9. The van der Waals surface area contributed by atoms with Gasteiger partial charge in [0.1, 0.15) is 6.04 Å². The average Bonchev–Trinajstić information content (AvgIpc) is 2.50. The summed E-state index contributed by atoms with van der Waals surface area (Å²) in [6.45, 7) is 1.55. The summed E-state index contributed by atoms with van der Waals surface area (Å²) in [5.41, 5.74) is 7.36. The molecule has 2 rings (SSSR count). The van der Waals surface area contributed by atoms with Crippen molar-refractivity contribution in [1.29, 1.82) is 0 Å². The van der Waals surface area contributed by atoms with Gasteiger partial charge in [0.05, 0.1) is 6.61 Å². The highest BCUT2D eigenvalue weighted by molar-refractivity contribution is 5.94. The van der Waals surface area contributed by atoms with E-state index in [1.165, 1.54) is 7.11 Å². The Kier molecular flexibility index (Phi) is 5.91. The number of likely N-dealkylation sites (tertiary alicyclic amines) is 1. The number of amides is 2. The standard InChI is InChI=1S/C16H23N3O3/c1-22-11-14(17)16(21)18-13-6-4-5-12(9-13)10-19-8-3-2-7-15(19)20/h4-6,9,14H,2-3,7-8,10-11,17H2,1H3,(H,18,21). The lowest BCUT2D eigenvalue weighted by Gasteiger charge is -2.26. The molecule has 0 saturated carbocycles. The first-order valence-electron chi connectivity index (χ1n) is 7.52. The van der Waals surface area contributed by atoms with Crippen molar-refractivity contribution in [3.63, 3.8) is 0 Å². The molecular weight excluding hydrogens is 282 g/mol. The van der Waals surface area contributed by atoms with Crippen molar-refractivity contribution < 1.29 is 14.3 Å². The summed E-state index contributed by atoms with van der Waals surface area (Å²) in [6, 6.07) is 6.80. The molecule has 1 fully saturated rings. The third kappa shape index (κ3) is 4.54. The van der Waals surface area contributed by atoms with Crippen molar-refractivity contribution in [3.05, 3.63) is 29.8 Å². The number of rotatable bonds is 6. The molecule has 1 aromatic carbocycles. The predicted molar refractivity (Wildman–Crippen MR) is 84.2 cm³/mol. The van der Waals surface area contributed by atoms with Gasteiger partial charge >= 0.3 is 0 Å². The number of hydrogen-bond acceptors (Lipinski definition) is 4. The largest absolute Gasteiger partial charge is 0.383 e. The minimum absolute atomic E-state index is 0.174. The molecular formula is C16H23N3O3. The van der Waals surface area contributed by atoms with Crippen LogP contribution in [0.5, 0.6) is 0 Å². The first kappa shape index (κ1) is 16.5. The second kappa shape index (κ2) is 7.91. The van der Waals surface area contributed by atoms with Crippen LogP contribution in [-0.2, 0) is 20.9 Å². The van der Waals surface area contributed by atoms with Gasteiger partial charge in [0.15, 0.2) is 0 Å². The summed E-state index contributed by atoms with van der Waals surface area (Å²) in [7, 11) is 1.50.